The second kappa shape index (κ2) is 7.22. The van der Waals surface area contributed by atoms with Gasteiger partial charge >= 0.3 is 0 Å². The van der Waals surface area contributed by atoms with E-state index in [1.54, 1.807) is 24.2 Å². The molecule has 1 amide bonds. The van der Waals surface area contributed by atoms with Crippen molar-refractivity contribution in [2.45, 2.75) is 13.5 Å². The van der Waals surface area contributed by atoms with Gasteiger partial charge in [-0.25, -0.2) is 0 Å². The molecule has 0 aliphatic carbocycles. The van der Waals surface area contributed by atoms with E-state index in [1.165, 1.54) is 0 Å². The van der Waals surface area contributed by atoms with Crippen LogP contribution in [0.5, 0.6) is 0 Å². The number of halogens is 1. The number of rotatable bonds is 5. The van der Waals surface area contributed by atoms with Gasteiger partial charge in [0.2, 0.25) is 0 Å². The zero-order valence-corrected chi connectivity index (χ0v) is 13.7. The molecule has 0 unspecified atom stereocenters. The quantitative estimate of drug-likeness (QED) is 0.899. The Bertz CT molecular complexity index is 630. The van der Waals surface area contributed by atoms with E-state index in [2.05, 4.69) is 26.2 Å². The SMILES string of the molecule is CCNc1ccnc(C(=O)N(C)Cc2ccccc2Br)c1. The standard InChI is InChI=1S/C16H18BrN3O/c1-3-18-13-8-9-19-15(10-13)16(21)20(2)11-12-6-4-5-7-14(12)17/h4-10H,3,11H2,1-2H3,(H,18,19). The number of carbonyl (C=O) groups excluding carboxylic acids is 1. The Morgan fingerprint density at radius 2 is 2.10 bits per heavy atom. The third-order valence-corrected chi connectivity index (χ3v) is 3.85. The van der Waals surface area contributed by atoms with Gasteiger partial charge in [-0.15, -0.1) is 0 Å². The minimum atomic E-state index is -0.0921. The topological polar surface area (TPSA) is 45.2 Å². The Kier molecular flexibility index (Phi) is 5.33. The summed E-state index contributed by atoms with van der Waals surface area (Å²) >= 11 is 3.50. The predicted molar refractivity (Wildman–Crippen MR) is 88.3 cm³/mol. The van der Waals surface area contributed by atoms with Crippen LogP contribution in [-0.4, -0.2) is 29.4 Å². The van der Waals surface area contributed by atoms with E-state index in [4.69, 9.17) is 0 Å². The van der Waals surface area contributed by atoms with E-state index in [0.29, 0.717) is 12.2 Å². The first-order valence-electron chi connectivity index (χ1n) is 6.80. The molecule has 2 rings (SSSR count). The van der Waals surface area contributed by atoms with Crippen molar-refractivity contribution in [3.63, 3.8) is 0 Å². The van der Waals surface area contributed by atoms with Crippen molar-refractivity contribution in [2.24, 2.45) is 0 Å². The number of carbonyl (C=O) groups is 1. The van der Waals surface area contributed by atoms with Gasteiger partial charge in [-0.05, 0) is 30.7 Å². The predicted octanol–water partition coefficient (Wildman–Crippen LogP) is 3.55. The van der Waals surface area contributed by atoms with E-state index < -0.39 is 0 Å². The molecular formula is C16H18BrN3O. The van der Waals surface area contributed by atoms with E-state index in [1.807, 2.05) is 37.3 Å². The number of anilines is 1. The number of nitrogens with one attached hydrogen (secondary N) is 1. The summed E-state index contributed by atoms with van der Waals surface area (Å²) in [6.07, 6.45) is 1.65. The highest BCUT2D eigenvalue weighted by Gasteiger charge is 2.14. The van der Waals surface area contributed by atoms with Gasteiger partial charge < -0.3 is 10.2 Å². The number of benzene rings is 1. The zero-order valence-electron chi connectivity index (χ0n) is 12.1. The molecule has 0 saturated heterocycles. The molecule has 0 spiro atoms. The number of amides is 1. The molecule has 1 N–H and O–H groups in total. The fourth-order valence-electron chi connectivity index (χ4n) is 2.01. The highest BCUT2D eigenvalue weighted by atomic mass is 79.9. The van der Waals surface area contributed by atoms with Crippen LogP contribution in [-0.2, 0) is 6.54 Å². The molecule has 0 aliphatic heterocycles. The van der Waals surface area contributed by atoms with E-state index >= 15 is 0 Å². The van der Waals surface area contributed by atoms with E-state index in [-0.39, 0.29) is 5.91 Å². The Morgan fingerprint density at radius 1 is 1.33 bits per heavy atom. The molecule has 1 heterocycles. The number of aromatic nitrogens is 1. The van der Waals surface area contributed by atoms with Gasteiger partial charge in [0, 0.05) is 36.5 Å². The minimum absolute atomic E-state index is 0.0921. The third kappa shape index (κ3) is 4.04. The molecule has 0 fully saturated rings. The summed E-state index contributed by atoms with van der Waals surface area (Å²) in [7, 11) is 1.78. The van der Waals surface area contributed by atoms with Crippen LogP contribution in [0.25, 0.3) is 0 Å². The summed E-state index contributed by atoms with van der Waals surface area (Å²) in [4.78, 5) is 18.3. The largest absolute Gasteiger partial charge is 0.385 e. The molecule has 5 heteroatoms. The smallest absolute Gasteiger partial charge is 0.272 e. The van der Waals surface area contributed by atoms with E-state index in [9.17, 15) is 4.79 Å². The van der Waals surface area contributed by atoms with Crippen molar-refractivity contribution in [1.29, 1.82) is 0 Å². The van der Waals surface area contributed by atoms with Crippen molar-refractivity contribution < 1.29 is 4.79 Å². The monoisotopic (exact) mass is 347 g/mol. The van der Waals surface area contributed by atoms with Crippen LogP contribution in [0.1, 0.15) is 23.0 Å². The molecular weight excluding hydrogens is 330 g/mol. The van der Waals surface area contributed by atoms with Crippen LogP contribution < -0.4 is 5.32 Å². The number of pyridine rings is 1. The van der Waals surface area contributed by atoms with Crippen molar-refractivity contribution in [2.75, 3.05) is 18.9 Å². The highest BCUT2D eigenvalue weighted by Crippen LogP contribution is 2.18. The molecule has 21 heavy (non-hydrogen) atoms. The first-order chi connectivity index (χ1) is 10.1. The van der Waals surface area contributed by atoms with Gasteiger partial charge in [0.15, 0.2) is 0 Å². The molecule has 110 valence electrons. The maximum Gasteiger partial charge on any atom is 0.272 e. The number of hydrogen-bond donors (Lipinski definition) is 1. The van der Waals surface area contributed by atoms with Gasteiger partial charge in [0.05, 0.1) is 0 Å². The molecule has 0 aliphatic rings. The maximum absolute atomic E-state index is 12.4. The summed E-state index contributed by atoms with van der Waals surface area (Å²) in [6, 6.07) is 11.5. The van der Waals surface area contributed by atoms with Gasteiger partial charge in [0.1, 0.15) is 5.69 Å². The molecule has 2 aromatic rings. The lowest BCUT2D eigenvalue weighted by Crippen LogP contribution is -2.27. The van der Waals surface area contributed by atoms with Crippen LogP contribution in [0.3, 0.4) is 0 Å². The number of nitrogens with zero attached hydrogens (tertiary/aromatic N) is 2. The van der Waals surface area contributed by atoms with Crippen molar-refractivity contribution in [3.8, 4) is 0 Å². The molecule has 4 nitrogen and oxygen atoms in total. The van der Waals surface area contributed by atoms with Gasteiger partial charge in [-0.3, -0.25) is 9.78 Å². The van der Waals surface area contributed by atoms with Crippen LogP contribution in [0.4, 0.5) is 5.69 Å². The molecule has 1 aromatic carbocycles. The van der Waals surface area contributed by atoms with E-state index in [0.717, 1.165) is 22.3 Å². The van der Waals surface area contributed by atoms with Crippen molar-refractivity contribution in [3.05, 3.63) is 58.3 Å². The first kappa shape index (κ1) is 15.5. The molecule has 0 atom stereocenters. The first-order valence-corrected chi connectivity index (χ1v) is 7.60. The van der Waals surface area contributed by atoms with Crippen molar-refractivity contribution >= 4 is 27.5 Å². The summed E-state index contributed by atoms with van der Waals surface area (Å²) in [5.74, 6) is -0.0921. The van der Waals surface area contributed by atoms with Crippen molar-refractivity contribution in [1.82, 2.24) is 9.88 Å². The summed E-state index contributed by atoms with van der Waals surface area (Å²) in [6.45, 7) is 3.36. The Hall–Kier alpha value is -1.88. The van der Waals surface area contributed by atoms with Crippen LogP contribution in [0, 0.1) is 0 Å². The van der Waals surface area contributed by atoms with Crippen LogP contribution in [0.15, 0.2) is 47.1 Å². The fraction of sp³-hybridized carbons (Fsp3) is 0.250. The Morgan fingerprint density at radius 3 is 2.81 bits per heavy atom. The van der Waals surface area contributed by atoms with Gasteiger partial charge in [0.25, 0.3) is 5.91 Å². The number of hydrogen-bond acceptors (Lipinski definition) is 3. The second-order valence-corrected chi connectivity index (χ2v) is 5.57. The zero-order chi connectivity index (χ0) is 15.2. The average Bonchev–Trinajstić information content (AvgIpc) is 2.49. The Balaban J connectivity index is 2.12. The van der Waals surface area contributed by atoms with Crippen LogP contribution in [0.2, 0.25) is 0 Å². The summed E-state index contributed by atoms with van der Waals surface area (Å²) < 4.78 is 0.999. The molecule has 0 bridgehead atoms. The molecule has 1 aromatic heterocycles. The lowest BCUT2D eigenvalue weighted by atomic mass is 10.2. The summed E-state index contributed by atoms with van der Waals surface area (Å²) in [5.41, 5.74) is 2.42. The summed E-state index contributed by atoms with van der Waals surface area (Å²) in [5, 5.41) is 3.18. The molecule has 0 saturated carbocycles. The normalized spacial score (nSPS) is 10.2. The van der Waals surface area contributed by atoms with Crippen LogP contribution >= 0.6 is 15.9 Å². The lowest BCUT2D eigenvalue weighted by Gasteiger charge is -2.18. The molecule has 0 radical (unpaired) electrons. The highest BCUT2D eigenvalue weighted by molar-refractivity contribution is 9.10. The maximum atomic E-state index is 12.4. The minimum Gasteiger partial charge on any atom is -0.385 e. The second-order valence-electron chi connectivity index (χ2n) is 4.71. The third-order valence-electron chi connectivity index (χ3n) is 3.07. The van der Waals surface area contributed by atoms with Gasteiger partial charge in [-0.1, -0.05) is 34.1 Å². The average molecular weight is 348 g/mol. The fourth-order valence-corrected chi connectivity index (χ4v) is 2.42. The van der Waals surface area contributed by atoms with Gasteiger partial charge in [-0.2, -0.15) is 0 Å². The Labute approximate surface area is 133 Å². The lowest BCUT2D eigenvalue weighted by molar-refractivity contribution is 0.0779.